The number of hydrogen-bond donors (Lipinski definition) is 1. The SMILES string of the molecule is CN(C)[C@@H]1CCC[C@@H]2CNC[C@@H]21. The van der Waals surface area contributed by atoms with Gasteiger partial charge >= 0.3 is 0 Å². The monoisotopic (exact) mass is 168 g/mol. The minimum Gasteiger partial charge on any atom is -0.316 e. The number of nitrogens with one attached hydrogen (secondary N) is 1. The molecule has 2 fully saturated rings. The molecule has 1 saturated carbocycles. The number of nitrogens with zero attached hydrogens (tertiary/aromatic N) is 1. The summed E-state index contributed by atoms with van der Waals surface area (Å²) in [6.45, 7) is 2.53. The van der Waals surface area contributed by atoms with Crippen molar-refractivity contribution in [3.63, 3.8) is 0 Å². The first-order valence-corrected chi connectivity index (χ1v) is 5.16. The van der Waals surface area contributed by atoms with Crippen LogP contribution >= 0.6 is 0 Å². The second-order valence-electron chi connectivity index (χ2n) is 4.54. The maximum absolute atomic E-state index is 3.52. The quantitative estimate of drug-likeness (QED) is 0.627. The van der Waals surface area contributed by atoms with E-state index < -0.39 is 0 Å². The first-order valence-electron chi connectivity index (χ1n) is 5.16. The summed E-state index contributed by atoms with van der Waals surface area (Å²) in [5, 5.41) is 3.52. The zero-order valence-electron chi connectivity index (χ0n) is 8.21. The summed E-state index contributed by atoms with van der Waals surface area (Å²) in [7, 11) is 4.46. The van der Waals surface area contributed by atoms with Crippen molar-refractivity contribution in [2.24, 2.45) is 11.8 Å². The molecule has 1 saturated heterocycles. The Labute approximate surface area is 75.3 Å². The van der Waals surface area contributed by atoms with E-state index in [1.807, 2.05) is 0 Å². The van der Waals surface area contributed by atoms with Crippen molar-refractivity contribution in [2.75, 3.05) is 27.2 Å². The molecule has 0 amide bonds. The molecular formula is C10H20N2. The Morgan fingerprint density at radius 3 is 2.75 bits per heavy atom. The first-order chi connectivity index (χ1) is 5.79. The zero-order valence-corrected chi connectivity index (χ0v) is 8.21. The Morgan fingerprint density at radius 2 is 2.00 bits per heavy atom. The van der Waals surface area contributed by atoms with Crippen molar-refractivity contribution < 1.29 is 0 Å². The third-order valence-electron chi connectivity index (χ3n) is 3.62. The number of fused-ring (bicyclic) bond motifs is 1. The molecule has 3 atom stereocenters. The molecule has 70 valence electrons. The second kappa shape index (κ2) is 3.35. The molecule has 0 aromatic rings. The van der Waals surface area contributed by atoms with Crippen LogP contribution < -0.4 is 5.32 Å². The molecule has 1 aliphatic heterocycles. The van der Waals surface area contributed by atoms with Crippen molar-refractivity contribution in [1.29, 1.82) is 0 Å². The van der Waals surface area contributed by atoms with Gasteiger partial charge in [-0.05, 0) is 51.9 Å². The first kappa shape index (κ1) is 8.52. The minimum absolute atomic E-state index is 0.846. The summed E-state index contributed by atoms with van der Waals surface area (Å²) in [4.78, 5) is 2.42. The van der Waals surface area contributed by atoms with Crippen LogP contribution in [0.1, 0.15) is 19.3 Å². The highest BCUT2D eigenvalue weighted by molar-refractivity contribution is 4.92. The van der Waals surface area contributed by atoms with Crippen LogP contribution in [0.5, 0.6) is 0 Å². The van der Waals surface area contributed by atoms with Gasteiger partial charge in [-0.25, -0.2) is 0 Å². The summed E-state index contributed by atoms with van der Waals surface area (Å²) >= 11 is 0. The molecule has 2 aliphatic rings. The van der Waals surface area contributed by atoms with Gasteiger partial charge in [-0.1, -0.05) is 6.42 Å². The fourth-order valence-electron chi connectivity index (χ4n) is 2.96. The highest BCUT2D eigenvalue weighted by Crippen LogP contribution is 2.34. The van der Waals surface area contributed by atoms with Gasteiger partial charge in [0.2, 0.25) is 0 Å². The normalized spacial score (nSPS) is 41.8. The summed E-state index contributed by atoms with van der Waals surface area (Å²) in [5.41, 5.74) is 0. The van der Waals surface area contributed by atoms with E-state index in [2.05, 4.69) is 24.3 Å². The maximum atomic E-state index is 3.52. The summed E-state index contributed by atoms with van der Waals surface area (Å²) in [5.74, 6) is 1.92. The minimum atomic E-state index is 0.846. The van der Waals surface area contributed by atoms with Gasteiger partial charge in [0, 0.05) is 6.04 Å². The van der Waals surface area contributed by atoms with Crippen LogP contribution in [0, 0.1) is 11.8 Å². The van der Waals surface area contributed by atoms with Gasteiger partial charge in [0.25, 0.3) is 0 Å². The molecule has 0 spiro atoms. The standard InChI is InChI=1S/C10H20N2/c1-12(2)10-5-3-4-8-6-11-7-9(8)10/h8-11H,3-7H2,1-2H3/t8-,9+,10-/m1/s1. The average molecular weight is 168 g/mol. The van der Waals surface area contributed by atoms with Crippen molar-refractivity contribution in [1.82, 2.24) is 10.2 Å². The Morgan fingerprint density at radius 1 is 1.17 bits per heavy atom. The molecule has 0 aromatic heterocycles. The van der Waals surface area contributed by atoms with Crippen LogP contribution in [0.4, 0.5) is 0 Å². The van der Waals surface area contributed by atoms with Gasteiger partial charge in [-0.15, -0.1) is 0 Å². The van der Waals surface area contributed by atoms with E-state index in [1.54, 1.807) is 0 Å². The van der Waals surface area contributed by atoms with Crippen molar-refractivity contribution in [2.45, 2.75) is 25.3 Å². The average Bonchev–Trinajstić information content (AvgIpc) is 2.49. The van der Waals surface area contributed by atoms with Crippen LogP contribution in [0.25, 0.3) is 0 Å². The lowest BCUT2D eigenvalue weighted by Gasteiger charge is -2.37. The van der Waals surface area contributed by atoms with Gasteiger partial charge in [0.05, 0.1) is 0 Å². The molecule has 0 bridgehead atoms. The molecule has 2 nitrogen and oxygen atoms in total. The van der Waals surface area contributed by atoms with Gasteiger partial charge in [0.1, 0.15) is 0 Å². The highest BCUT2D eigenvalue weighted by atomic mass is 15.1. The molecule has 2 heteroatoms. The van der Waals surface area contributed by atoms with E-state index >= 15 is 0 Å². The topological polar surface area (TPSA) is 15.3 Å². The van der Waals surface area contributed by atoms with Gasteiger partial charge < -0.3 is 10.2 Å². The summed E-state index contributed by atoms with van der Waals surface area (Å²) < 4.78 is 0. The van der Waals surface area contributed by atoms with Crippen LogP contribution in [-0.4, -0.2) is 38.1 Å². The Balaban J connectivity index is 2.03. The molecular weight excluding hydrogens is 148 g/mol. The molecule has 1 N–H and O–H groups in total. The molecule has 0 unspecified atom stereocenters. The molecule has 2 rings (SSSR count). The van der Waals surface area contributed by atoms with Crippen molar-refractivity contribution in [3.8, 4) is 0 Å². The molecule has 1 aliphatic carbocycles. The number of rotatable bonds is 1. The van der Waals surface area contributed by atoms with E-state index in [-0.39, 0.29) is 0 Å². The van der Waals surface area contributed by atoms with E-state index in [4.69, 9.17) is 0 Å². The Bertz CT molecular complexity index is 156. The van der Waals surface area contributed by atoms with E-state index in [0.29, 0.717) is 0 Å². The molecule has 12 heavy (non-hydrogen) atoms. The van der Waals surface area contributed by atoms with Crippen LogP contribution in [0.2, 0.25) is 0 Å². The Kier molecular flexibility index (Phi) is 2.37. The molecule has 0 radical (unpaired) electrons. The fraction of sp³-hybridized carbons (Fsp3) is 1.00. The van der Waals surface area contributed by atoms with Crippen LogP contribution in [0.15, 0.2) is 0 Å². The smallest absolute Gasteiger partial charge is 0.0133 e. The molecule has 1 heterocycles. The lowest BCUT2D eigenvalue weighted by Crippen LogP contribution is -2.41. The summed E-state index contributed by atoms with van der Waals surface area (Å²) in [6, 6.07) is 0.846. The lowest BCUT2D eigenvalue weighted by atomic mass is 9.77. The fourth-order valence-corrected chi connectivity index (χ4v) is 2.96. The number of hydrogen-bond acceptors (Lipinski definition) is 2. The van der Waals surface area contributed by atoms with Gasteiger partial charge in [-0.3, -0.25) is 0 Å². The predicted molar refractivity (Wildman–Crippen MR) is 51.2 cm³/mol. The van der Waals surface area contributed by atoms with Gasteiger partial charge in [0.15, 0.2) is 0 Å². The summed E-state index contributed by atoms with van der Waals surface area (Å²) in [6.07, 6.45) is 4.31. The largest absolute Gasteiger partial charge is 0.316 e. The van der Waals surface area contributed by atoms with E-state index in [1.165, 1.54) is 32.4 Å². The highest BCUT2D eigenvalue weighted by Gasteiger charge is 2.37. The predicted octanol–water partition coefficient (Wildman–Crippen LogP) is 0.936. The van der Waals surface area contributed by atoms with Crippen LogP contribution in [-0.2, 0) is 0 Å². The maximum Gasteiger partial charge on any atom is 0.0133 e. The molecule has 0 aromatic carbocycles. The van der Waals surface area contributed by atoms with E-state index in [0.717, 1.165) is 17.9 Å². The second-order valence-corrected chi connectivity index (χ2v) is 4.54. The van der Waals surface area contributed by atoms with E-state index in [9.17, 15) is 0 Å². The van der Waals surface area contributed by atoms with Crippen molar-refractivity contribution in [3.05, 3.63) is 0 Å². The van der Waals surface area contributed by atoms with Gasteiger partial charge in [-0.2, -0.15) is 0 Å². The lowest BCUT2D eigenvalue weighted by molar-refractivity contribution is 0.134. The third kappa shape index (κ3) is 1.38. The van der Waals surface area contributed by atoms with Crippen LogP contribution in [0.3, 0.4) is 0 Å². The van der Waals surface area contributed by atoms with Crippen molar-refractivity contribution >= 4 is 0 Å². The Hall–Kier alpha value is -0.0800. The zero-order chi connectivity index (χ0) is 8.55. The third-order valence-corrected chi connectivity index (χ3v) is 3.62.